The molecule has 194 valence electrons. The molecule has 0 aliphatic heterocycles. The second kappa shape index (κ2) is 12.1. The summed E-state index contributed by atoms with van der Waals surface area (Å²) in [6.07, 6.45) is 3.59. The van der Waals surface area contributed by atoms with Crippen LogP contribution in [0.3, 0.4) is 0 Å². The summed E-state index contributed by atoms with van der Waals surface area (Å²) in [4.78, 5) is 59.6. The van der Waals surface area contributed by atoms with E-state index in [0.29, 0.717) is 28.6 Å². The lowest BCUT2D eigenvalue weighted by atomic mass is 10.0. The highest BCUT2D eigenvalue weighted by molar-refractivity contribution is 6.07. The van der Waals surface area contributed by atoms with Crippen molar-refractivity contribution < 1.29 is 19.2 Å². The normalized spacial score (nSPS) is 11.8. The van der Waals surface area contributed by atoms with Crippen LogP contribution in [0.25, 0.3) is 21.8 Å². The maximum absolute atomic E-state index is 13.0. The quantitative estimate of drug-likeness (QED) is 0.300. The van der Waals surface area contributed by atoms with Gasteiger partial charge in [-0.15, -0.1) is 0 Å². The lowest BCUT2D eigenvalue weighted by molar-refractivity contribution is -0.126. The maximum atomic E-state index is 13.0. The number of Topliss-reactive ketones (excluding diaryl/α,β-unsaturated/α-hetero) is 1. The number of rotatable bonds is 10. The van der Waals surface area contributed by atoms with Gasteiger partial charge in [-0.1, -0.05) is 50.2 Å². The number of benzene rings is 2. The summed E-state index contributed by atoms with van der Waals surface area (Å²) in [5.74, 6) is -1.59. The third kappa shape index (κ3) is 6.36. The van der Waals surface area contributed by atoms with Gasteiger partial charge in [-0.3, -0.25) is 29.1 Å². The fourth-order valence-corrected chi connectivity index (χ4v) is 4.16. The number of nitrogens with zero attached hydrogens (tertiary/aromatic N) is 2. The number of carbonyl (C=O) groups excluding carboxylic acids is 4. The van der Waals surface area contributed by atoms with E-state index in [1.807, 2.05) is 38.1 Å². The number of hydrogen-bond donors (Lipinski definition) is 3. The number of aromatic nitrogens is 2. The fraction of sp³-hybridized carbons (Fsp3) is 0.241. The molecule has 0 spiro atoms. The molecule has 1 atom stereocenters. The third-order valence-electron chi connectivity index (χ3n) is 5.99. The van der Waals surface area contributed by atoms with Crippen LogP contribution in [0, 0.1) is 5.92 Å². The molecule has 0 saturated heterocycles. The lowest BCUT2D eigenvalue weighted by Crippen LogP contribution is -2.49. The molecular weight excluding hydrogens is 482 g/mol. The first kappa shape index (κ1) is 26.4. The number of fused-ring (bicyclic) bond motifs is 2. The minimum Gasteiger partial charge on any atom is -0.347 e. The van der Waals surface area contributed by atoms with Gasteiger partial charge in [0, 0.05) is 23.2 Å². The summed E-state index contributed by atoms with van der Waals surface area (Å²) in [7, 11) is 0. The smallest absolute Gasteiger partial charge is 0.254 e. The monoisotopic (exact) mass is 511 g/mol. The highest BCUT2D eigenvalue weighted by Crippen LogP contribution is 2.17. The average Bonchev–Trinajstić information content (AvgIpc) is 2.93. The first-order valence-corrected chi connectivity index (χ1v) is 12.4. The SMILES string of the molecule is CC(C)C[C@H](NC(=O)c1cccc2cccnc12)C(=O)NCC(=O)CNC(=O)c1cccc2cccnc12. The lowest BCUT2D eigenvalue weighted by Gasteiger charge is -2.20. The predicted octanol–water partition coefficient (Wildman–Crippen LogP) is 3.04. The van der Waals surface area contributed by atoms with Crippen molar-refractivity contribution >= 4 is 45.3 Å². The summed E-state index contributed by atoms with van der Waals surface area (Å²) in [5, 5.41) is 9.61. The summed E-state index contributed by atoms with van der Waals surface area (Å²) >= 11 is 0. The molecule has 2 aromatic heterocycles. The Morgan fingerprint density at radius 2 is 1.24 bits per heavy atom. The van der Waals surface area contributed by atoms with Crippen LogP contribution in [-0.4, -0.2) is 52.6 Å². The Hall–Kier alpha value is -4.66. The first-order valence-electron chi connectivity index (χ1n) is 12.4. The highest BCUT2D eigenvalue weighted by atomic mass is 16.2. The molecule has 2 heterocycles. The number of ketones is 1. The molecule has 0 aliphatic carbocycles. The van der Waals surface area contributed by atoms with Gasteiger partial charge in [0.25, 0.3) is 11.8 Å². The topological polar surface area (TPSA) is 130 Å². The van der Waals surface area contributed by atoms with Crippen molar-refractivity contribution in [1.82, 2.24) is 25.9 Å². The van der Waals surface area contributed by atoms with E-state index in [1.165, 1.54) is 0 Å². The van der Waals surface area contributed by atoms with Crippen LogP contribution < -0.4 is 16.0 Å². The standard InChI is InChI=1S/C29H29N5O4/c1-18(2)15-24(34-28(37)23-12-4-8-20-10-6-14-31-26(20)23)29(38)33-17-21(35)16-32-27(36)22-11-3-7-19-9-5-13-30-25(19)22/h3-14,18,24H,15-17H2,1-2H3,(H,32,36)(H,33,38)(H,34,37)/t24-/m0/s1. The second-order valence-corrected chi connectivity index (χ2v) is 9.36. The number of carbonyl (C=O) groups is 4. The van der Waals surface area contributed by atoms with Crippen molar-refractivity contribution in [3.63, 3.8) is 0 Å². The number of hydrogen-bond acceptors (Lipinski definition) is 6. The number of para-hydroxylation sites is 2. The Kier molecular flexibility index (Phi) is 8.37. The van der Waals surface area contributed by atoms with Gasteiger partial charge in [-0.2, -0.15) is 0 Å². The van der Waals surface area contributed by atoms with E-state index >= 15 is 0 Å². The summed E-state index contributed by atoms with van der Waals surface area (Å²) < 4.78 is 0. The zero-order valence-electron chi connectivity index (χ0n) is 21.2. The van der Waals surface area contributed by atoms with E-state index in [0.717, 1.165) is 10.8 Å². The van der Waals surface area contributed by atoms with E-state index in [2.05, 4.69) is 25.9 Å². The zero-order chi connectivity index (χ0) is 27.1. The molecule has 9 heteroatoms. The largest absolute Gasteiger partial charge is 0.347 e. The Balaban J connectivity index is 1.34. The van der Waals surface area contributed by atoms with E-state index < -0.39 is 23.8 Å². The number of nitrogens with one attached hydrogen (secondary N) is 3. The molecule has 0 bridgehead atoms. The van der Waals surface area contributed by atoms with E-state index in [4.69, 9.17) is 0 Å². The van der Waals surface area contributed by atoms with E-state index in [-0.39, 0.29) is 24.8 Å². The Morgan fingerprint density at radius 1 is 0.711 bits per heavy atom. The van der Waals surface area contributed by atoms with Crippen molar-refractivity contribution in [1.29, 1.82) is 0 Å². The molecule has 0 saturated carbocycles. The van der Waals surface area contributed by atoms with Crippen molar-refractivity contribution in [2.24, 2.45) is 5.92 Å². The van der Waals surface area contributed by atoms with Gasteiger partial charge in [0.15, 0.2) is 5.78 Å². The molecule has 4 aromatic rings. The molecule has 4 rings (SSSR count). The average molecular weight is 512 g/mol. The summed E-state index contributed by atoms with van der Waals surface area (Å²) in [6, 6.07) is 17.0. The maximum Gasteiger partial charge on any atom is 0.254 e. The third-order valence-corrected chi connectivity index (χ3v) is 5.99. The van der Waals surface area contributed by atoms with Gasteiger partial charge in [-0.05, 0) is 36.6 Å². The van der Waals surface area contributed by atoms with Crippen LogP contribution in [0.2, 0.25) is 0 Å². The molecular formula is C29H29N5O4. The Bertz CT molecular complexity index is 1490. The number of pyridine rings is 2. The molecule has 0 unspecified atom stereocenters. The van der Waals surface area contributed by atoms with Crippen molar-refractivity contribution in [2.75, 3.05) is 13.1 Å². The van der Waals surface area contributed by atoms with E-state index in [9.17, 15) is 19.2 Å². The molecule has 3 N–H and O–H groups in total. The molecule has 0 fully saturated rings. The van der Waals surface area contributed by atoms with Gasteiger partial charge < -0.3 is 16.0 Å². The Labute approximate surface area is 220 Å². The zero-order valence-corrected chi connectivity index (χ0v) is 21.2. The van der Waals surface area contributed by atoms with Crippen LogP contribution in [0.4, 0.5) is 0 Å². The number of amides is 3. The molecule has 9 nitrogen and oxygen atoms in total. The molecule has 38 heavy (non-hydrogen) atoms. The molecule has 0 radical (unpaired) electrons. The van der Waals surface area contributed by atoms with Crippen LogP contribution in [-0.2, 0) is 9.59 Å². The van der Waals surface area contributed by atoms with Gasteiger partial charge in [0.05, 0.1) is 35.2 Å². The van der Waals surface area contributed by atoms with Crippen molar-refractivity contribution in [3.8, 4) is 0 Å². The summed E-state index contributed by atoms with van der Waals surface area (Å²) in [5.41, 5.74) is 1.82. The molecule has 0 aliphatic rings. The van der Waals surface area contributed by atoms with Crippen molar-refractivity contribution in [3.05, 3.63) is 84.2 Å². The van der Waals surface area contributed by atoms with E-state index in [1.54, 1.807) is 48.8 Å². The summed E-state index contributed by atoms with van der Waals surface area (Å²) in [6.45, 7) is 3.34. The van der Waals surface area contributed by atoms with Crippen LogP contribution in [0.1, 0.15) is 41.0 Å². The van der Waals surface area contributed by atoms with Gasteiger partial charge in [-0.25, -0.2) is 0 Å². The Morgan fingerprint density at radius 3 is 1.82 bits per heavy atom. The first-order chi connectivity index (χ1) is 18.3. The van der Waals surface area contributed by atoms with Gasteiger partial charge in [0.1, 0.15) is 6.04 Å². The minimum atomic E-state index is -0.842. The predicted molar refractivity (Wildman–Crippen MR) is 145 cm³/mol. The molecule has 3 amide bonds. The van der Waals surface area contributed by atoms with Crippen LogP contribution in [0.5, 0.6) is 0 Å². The van der Waals surface area contributed by atoms with Crippen LogP contribution >= 0.6 is 0 Å². The minimum absolute atomic E-state index is 0.112. The van der Waals surface area contributed by atoms with Gasteiger partial charge in [0.2, 0.25) is 5.91 Å². The van der Waals surface area contributed by atoms with Crippen molar-refractivity contribution in [2.45, 2.75) is 26.3 Å². The second-order valence-electron chi connectivity index (χ2n) is 9.36. The highest BCUT2D eigenvalue weighted by Gasteiger charge is 2.24. The van der Waals surface area contributed by atoms with Crippen LogP contribution in [0.15, 0.2) is 73.1 Å². The van der Waals surface area contributed by atoms with Gasteiger partial charge >= 0.3 is 0 Å². The fourth-order valence-electron chi connectivity index (χ4n) is 4.16. The molecule has 2 aromatic carbocycles.